The van der Waals surface area contributed by atoms with Crippen LogP contribution >= 0.6 is 0 Å². The second-order valence-corrected chi connectivity index (χ2v) is 5.87. The fourth-order valence-corrected chi connectivity index (χ4v) is 2.85. The Hall–Kier alpha value is -1.88. The Bertz CT molecular complexity index is 504. The lowest BCUT2D eigenvalue weighted by Crippen LogP contribution is -2.47. The molecule has 0 aliphatic carbocycles. The minimum Gasteiger partial charge on any atom is -0.369 e. The van der Waals surface area contributed by atoms with Gasteiger partial charge in [0, 0.05) is 19.6 Å². The summed E-state index contributed by atoms with van der Waals surface area (Å²) in [5, 5.41) is 0. The fourth-order valence-electron chi connectivity index (χ4n) is 2.85. The van der Waals surface area contributed by atoms with Gasteiger partial charge in [-0.3, -0.25) is 14.5 Å². The van der Waals surface area contributed by atoms with Gasteiger partial charge >= 0.3 is 0 Å². The standard InChI is InChI=1S/C17H25N3O2/c1-2-19(11-14-7-4-3-5-8-14)13-16(21)20-10-6-9-15(12-20)17(18)22/h3-5,7-8,15H,2,6,9-13H2,1H3,(H2,18,22). The van der Waals surface area contributed by atoms with E-state index in [0.29, 0.717) is 13.1 Å². The van der Waals surface area contributed by atoms with Crippen LogP contribution in [0.25, 0.3) is 0 Å². The molecule has 1 aliphatic rings. The number of nitrogens with zero attached hydrogens (tertiary/aromatic N) is 2. The third-order valence-electron chi connectivity index (χ3n) is 4.23. The number of amides is 2. The van der Waals surface area contributed by atoms with Crippen LogP contribution in [0.4, 0.5) is 0 Å². The maximum atomic E-state index is 12.5. The minimum atomic E-state index is -0.297. The lowest BCUT2D eigenvalue weighted by atomic mass is 9.97. The molecule has 2 N–H and O–H groups in total. The second-order valence-electron chi connectivity index (χ2n) is 5.87. The van der Waals surface area contributed by atoms with Crippen molar-refractivity contribution in [3.05, 3.63) is 35.9 Å². The quantitative estimate of drug-likeness (QED) is 0.859. The van der Waals surface area contributed by atoms with E-state index in [2.05, 4.69) is 24.0 Å². The molecule has 5 heteroatoms. The van der Waals surface area contributed by atoms with Crippen molar-refractivity contribution in [2.75, 3.05) is 26.2 Å². The van der Waals surface area contributed by atoms with Crippen molar-refractivity contribution in [3.63, 3.8) is 0 Å². The summed E-state index contributed by atoms with van der Waals surface area (Å²) in [6.07, 6.45) is 1.64. The van der Waals surface area contributed by atoms with Gasteiger partial charge in [-0.1, -0.05) is 37.3 Å². The molecule has 0 aromatic heterocycles. The van der Waals surface area contributed by atoms with Crippen LogP contribution in [0.3, 0.4) is 0 Å². The summed E-state index contributed by atoms with van der Waals surface area (Å²) < 4.78 is 0. The lowest BCUT2D eigenvalue weighted by molar-refractivity contribution is -0.136. The topological polar surface area (TPSA) is 66.6 Å². The Morgan fingerprint density at radius 2 is 2.05 bits per heavy atom. The van der Waals surface area contributed by atoms with Gasteiger partial charge in [0.05, 0.1) is 12.5 Å². The van der Waals surface area contributed by atoms with E-state index in [4.69, 9.17) is 5.73 Å². The van der Waals surface area contributed by atoms with Crippen molar-refractivity contribution in [2.45, 2.75) is 26.3 Å². The number of primary amides is 1. The van der Waals surface area contributed by atoms with E-state index in [1.165, 1.54) is 5.56 Å². The largest absolute Gasteiger partial charge is 0.369 e. The fraction of sp³-hybridized carbons (Fsp3) is 0.529. The van der Waals surface area contributed by atoms with Crippen LogP contribution in [0.5, 0.6) is 0 Å². The number of likely N-dealkylation sites (N-methyl/N-ethyl adjacent to an activating group) is 1. The summed E-state index contributed by atoms with van der Waals surface area (Å²) in [5.41, 5.74) is 6.57. The molecule has 0 radical (unpaired) electrons. The van der Waals surface area contributed by atoms with Crippen LogP contribution in [-0.4, -0.2) is 47.8 Å². The summed E-state index contributed by atoms with van der Waals surface area (Å²) in [5.74, 6) is -0.403. The van der Waals surface area contributed by atoms with Gasteiger partial charge in [0.2, 0.25) is 11.8 Å². The van der Waals surface area contributed by atoms with Crippen LogP contribution in [0.2, 0.25) is 0 Å². The molecule has 1 aliphatic heterocycles. The smallest absolute Gasteiger partial charge is 0.236 e. The van der Waals surface area contributed by atoms with Gasteiger partial charge in [0.1, 0.15) is 0 Å². The molecule has 0 bridgehead atoms. The molecule has 1 aromatic rings. The number of rotatable bonds is 6. The normalized spacial score (nSPS) is 18.5. The second kappa shape index (κ2) is 7.94. The van der Waals surface area contributed by atoms with Crippen LogP contribution < -0.4 is 5.73 Å². The lowest BCUT2D eigenvalue weighted by Gasteiger charge is -2.33. The first kappa shape index (κ1) is 16.5. The first-order chi connectivity index (χ1) is 10.6. The number of nitrogens with two attached hydrogens (primary N) is 1. The maximum absolute atomic E-state index is 12.5. The highest BCUT2D eigenvalue weighted by atomic mass is 16.2. The van der Waals surface area contributed by atoms with Crippen molar-refractivity contribution in [1.82, 2.24) is 9.80 Å². The van der Waals surface area contributed by atoms with E-state index in [0.717, 1.165) is 32.5 Å². The van der Waals surface area contributed by atoms with Crippen molar-refractivity contribution in [3.8, 4) is 0 Å². The highest BCUT2D eigenvalue weighted by Crippen LogP contribution is 2.16. The maximum Gasteiger partial charge on any atom is 0.236 e. The number of piperidine rings is 1. The average Bonchev–Trinajstić information content (AvgIpc) is 2.55. The number of benzene rings is 1. The molecule has 22 heavy (non-hydrogen) atoms. The Kier molecular flexibility index (Phi) is 5.95. The van der Waals surface area contributed by atoms with Crippen molar-refractivity contribution < 1.29 is 9.59 Å². The summed E-state index contributed by atoms with van der Waals surface area (Å²) in [6.45, 7) is 5.21. The van der Waals surface area contributed by atoms with Crippen LogP contribution in [0.15, 0.2) is 30.3 Å². The van der Waals surface area contributed by atoms with E-state index in [1.54, 1.807) is 4.90 Å². The monoisotopic (exact) mass is 303 g/mol. The highest BCUT2D eigenvalue weighted by molar-refractivity contribution is 5.81. The van der Waals surface area contributed by atoms with E-state index < -0.39 is 0 Å². The van der Waals surface area contributed by atoms with Crippen LogP contribution in [-0.2, 0) is 16.1 Å². The molecule has 1 heterocycles. The molecule has 1 aromatic carbocycles. The number of carbonyl (C=O) groups is 2. The Morgan fingerprint density at radius 1 is 1.32 bits per heavy atom. The van der Waals surface area contributed by atoms with Crippen molar-refractivity contribution >= 4 is 11.8 Å². The SMILES string of the molecule is CCN(CC(=O)N1CCCC(C(N)=O)C1)Cc1ccccc1. The molecular weight excluding hydrogens is 278 g/mol. The number of hydrogen-bond donors (Lipinski definition) is 1. The van der Waals surface area contributed by atoms with Gasteiger partial charge in [0.25, 0.3) is 0 Å². The van der Waals surface area contributed by atoms with Gasteiger partial charge < -0.3 is 10.6 Å². The van der Waals surface area contributed by atoms with E-state index in [-0.39, 0.29) is 17.7 Å². The minimum absolute atomic E-state index is 0.0868. The van der Waals surface area contributed by atoms with E-state index >= 15 is 0 Å². The highest BCUT2D eigenvalue weighted by Gasteiger charge is 2.27. The Balaban J connectivity index is 1.90. The first-order valence-electron chi connectivity index (χ1n) is 7.93. The Morgan fingerprint density at radius 3 is 2.68 bits per heavy atom. The number of carbonyl (C=O) groups excluding carboxylic acids is 2. The number of hydrogen-bond acceptors (Lipinski definition) is 3. The third-order valence-corrected chi connectivity index (χ3v) is 4.23. The van der Waals surface area contributed by atoms with Gasteiger partial charge in [-0.15, -0.1) is 0 Å². The molecule has 0 saturated carbocycles. The molecule has 120 valence electrons. The average molecular weight is 303 g/mol. The zero-order chi connectivity index (χ0) is 15.9. The zero-order valence-corrected chi connectivity index (χ0v) is 13.2. The molecular formula is C17H25N3O2. The summed E-state index contributed by atoms with van der Waals surface area (Å²) >= 11 is 0. The molecule has 2 amide bonds. The zero-order valence-electron chi connectivity index (χ0n) is 13.2. The van der Waals surface area contributed by atoms with Gasteiger partial charge in [-0.05, 0) is 24.9 Å². The number of likely N-dealkylation sites (tertiary alicyclic amines) is 1. The molecule has 2 rings (SSSR count). The predicted molar refractivity (Wildman–Crippen MR) is 85.9 cm³/mol. The van der Waals surface area contributed by atoms with Gasteiger partial charge in [0.15, 0.2) is 0 Å². The van der Waals surface area contributed by atoms with Crippen molar-refractivity contribution in [1.29, 1.82) is 0 Å². The van der Waals surface area contributed by atoms with Gasteiger partial charge in [-0.25, -0.2) is 0 Å². The third kappa shape index (κ3) is 4.56. The van der Waals surface area contributed by atoms with Gasteiger partial charge in [-0.2, -0.15) is 0 Å². The molecule has 1 atom stereocenters. The molecule has 1 unspecified atom stereocenters. The molecule has 1 saturated heterocycles. The Labute approximate surface area is 132 Å². The molecule has 0 spiro atoms. The predicted octanol–water partition coefficient (Wildman–Crippen LogP) is 1.23. The summed E-state index contributed by atoms with van der Waals surface area (Å²) in [6, 6.07) is 10.1. The van der Waals surface area contributed by atoms with Crippen molar-refractivity contribution in [2.24, 2.45) is 11.7 Å². The van der Waals surface area contributed by atoms with E-state index in [9.17, 15) is 9.59 Å². The van der Waals surface area contributed by atoms with E-state index in [1.807, 2.05) is 18.2 Å². The molecule has 1 fully saturated rings. The van der Waals surface area contributed by atoms with Crippen LogP contribution in [0.1, 0.15) is 25.3 Å². The molecule has 5 nitrogen and oxygen atoms in total. The first-order valence-corrected chi connectivity index (χ1v) is 7.93. The van der Waals surface area contributed by atoms with Crippen LogP contribution in [0, 0.1) is 5.92 Å². The summed E-state index contributed by atoms with van der Waals surface area (Å²) in [4.78, 5) is 27.7. The summed E-state index contributed by atoms with van der Waals surface area (Å²) in [7, 11) is 0.